The Morgan fingerprint density at radius 1 is 1.50 bits per heavy atom. The van der Waals surface area contributed by atoms with Crippen molar-refractivity contribution in [1.82, 2.24) is 4.98 Å². The monoisotopic (exact) mass is 278 g/mol. The Bertz CT molecular complexity index is 417. The number of hydrogen-bond donors (Lipinski definition) is 1. The van der Waals surface area contributed by atoms with Gasteiger partial charge in [0.15, 0.2) is 0 Å². The average Bonchev–Trinajstić information content (AvgIpc) is 2.02. The van der Waals surface area contributed by atoms with Gasteiger partial charge in [-0.15, -0.1) is 0 Å². The van der Waals surface area contributed by atoms with Gasteiger partial charge in [-0.1, -0.05) is 0 Å². The Balaban J connectivity index is 2.90. The highest BCUT2D eigenvalue weighted by molar-refractivity contribution is 9.10. The molecule has 0 aliphatic rings. The Hall–Kier alpha value is -0.620. The fourth-order valence-electron chi connectivity index (χ4n) is 0.748. The zero-order valence-electron chi connectivity index (χ0n) is 7.86. The van der Waals surface area contributed by atoms with Gasteiger partial charge in [-0.25, -0.2) is 13.4 Å². The lowest BCUT2D eigenvalue weighted by Crippen LogP contribution is -2.22. The van der Waals surface area contributed by atoms with Crippen molar-refractivity contribution in [2.24, 2.45) is 0 Å². The largest absolute Gasteiger partial charge is 0.283 e. The van der Waals surface area contributed by atoms with Gasteiger partial charge in [0.1, 0.15) is 4.60 Å². The number of aromatic nitrogens is 1. The zero-order valence-corrected chi connectivity index (χ0v) is 10.3. The summed E-state index contributed by atoms with van der Waals surface area (Å²) >= 11 is 3.16. The predicted octanol–water partition coefficient (Wildman–Crippen LogP) is 1.99. The van der Waals surface area contributed by atoms with Crippen molar-refractivity contribution in [2.45, 2.75) is 19.1 Å². The highest BCUT2D eigenvalue weighted by Crippen LogP contribution is 2.15. The van der Waals surface area contributed by atoms with Crippen LogP contribution in [-0.4, -0.2) is 18.7 Å². The van der Waals surface area contributed by atoms with E-state index in [1.165, 1.54) is 6.20 Å². The lowest BCUT2D eigenvalue weighted by atomic mass is 10.4. The molecule has 0 bridgehead atoms. The Morgan fingerprint density at radius 2 is 2.14 bits per heavy atom. The molecule has 0 aliphatic carbocycles. The van der Waals surface area contributed by atoms with Crippen molar-refractivity contribution in [3.63, 3.8) is 0 Å². The fraction of sp³-hybridized carbons (Fsp3) is 0.375. The van der Waals surface area contributed by atoms with Gasteiger partial charge < -0.3 is 0 Å². The molecule has 1 aromatic heterocycles. The summed E-state index contributed by atoms with van der Waals surface area (Å²) in [5.74, 6) is 0. The first kappa shape index (κ1) is 11.5. The summed E-state index contributed by atoms with van der Waals surface area (Å²) in [5.41, 5.74) is 0.514. The second kappa shape index (κ2) is 4.27. The van der Waals surface area contributed by atoms with E-state index in [4.69, 9.17) is 0 Å². The lowest BCUT2D eigenvalue weighted by Gasteiger charge is -2.10. The van der Waals surface area contributed by atoms with E-state index in [-0.39, 0.29) is 0 Å². The van der Waals surface area contributed by atoms with E-state index >= 15 is 0 Å². The molecule has 0 aromatic carbocycles. The van der Waals surface area contributed by atoms with E-state index in [1.54, 1.807) is 26.0 Å². The molecule has 0 saturated heterocycles. The van der Waals surface area contributed by atoms with Crippen LogP contribution >= 0.6 is 15.9 Å². The number of sulfonamides is 1. The smallest absolute Gasteiger partial charge is 0.235 e. The summed E-state index contributed by atoms with van der Waals surface area (Å²) < 4.78 is 26.0. The minimum atomic E-state index is -3.27. The van der Waals surface area contributed by atoms with Crippen LogP contribution in [-0.2, 0) is 10.0 Å². The van der Waals surface area contributed by atoms with Crippen molar-refractivity contribution in [3.8, 4) is 0 Å². The van der Waals surface area contributed by atoms with Crippen LogP contribution in [0.1, 0.15) is 13.8 Å². The maximum atomic E-state index is 11.5. The summed E-state index contributed by atoms with van der Waals surface area (Å²) in [6.07, 6.45) is 1.53. The molecule has 0 radical (unpaired) electrons. The Morgan fingerprint density at radius 3 is 2.64 bits per heavy atom. The van der Waals surface area contributed by atoms with Gasteiger partial charge in [-0.05, 0) is 41.9 Å². The normalized spacial score (nSPS) is 11.7. The van der Waals surface area contributed by atoms with Crippen LogP contribution in [0, 0.1) is 0 Å². The number of rotatable bonds is 3. The zero-order chi connectivity index (χ0) is 10.8. The molecule has 0 spiro atoms. The van der Waals surface area contributed by atoms with Crippen LogP contribution in [0.25, 0.3) is 0 Å². The molecule has 6 heteroatoms. The van der Waals surface area contributed by atoms with Crippen LogP contribution in [0.15, 0.2) is 22.9 Å². The van der Waals surface area contributed by atoms with E-state index in [9.17, 15) is 8.42 Å². The first-order valence-corrected chi connectivity index (χ1v) is 6.39. The van der Waals surface area contributed by atoms with Gasteiger partial charge in [-0.3, -0.25) is 4.72 Å². The molecule has 78 valence electrons. The molecule has 14 heavy (non-hydrogen) atoms. The second-order valence-electron chi connectivity index (χ2n) is 3.06. The summed E-state index contributed by atoms with van der Waals surface area (Å²) in [6, 6.07) is 3.21. The van der Waals surface area contributed by atoms with Gasteiger partial charge in [0.05, 0.1) is 10.9 Å². The quantitative estimate of drug-likeness (QED) is 0.861. The van der Waals surface area contributed by atoms with Crippen LogP contribution in [0.2, 0.25) is 0 Å². The van der Waals surface area contributed by atoms with Crippen LogP contribution < -0.4 is 4.72 Å². The maximum absolute atomic E-state index is 11.5. The number of hydrogen-bond acceptors (Lipinski definition) is 3. The molecule has 0 amide bonds. The number of nitrogens with zero attached hydrogens (tertiary/aromatic N) is 1. The summed E-state index contributed by atoms with van der Waals surface area (Å²) in [6.45, 7) is 3.25. The van der Waals surface area contributed by atoms with E-state index in [2.05, 4.69) is 25.6 Å². The first-order chi connectivity index (χ1) is 6.42. The molecule has 1 aromatic rings. The number of anilines is 1. The number of pyridine rings is 1. The molecule has 4 nitrogen and oxygen atoms in total. The minimum Gasteiger partial charge on any atom is -0.283 e. The topological polar surface area (TPSA) is 59.1 Å². The van der Waals surface area contributed by atoms with Gasteiger partial charge >= 0.3 is 0 Å². The average molecular weight is 279 g/mol. The van der Waals surface area contributed by atoms with Crippen molar-refractivity contribution in [3.05, 3.63) is 22.9 Å². The molecule has 0 unspecified atom stereocenters. The van der Waals surface area contributed by atoms with Gasteiger partial charge in [0.25, 0.3) is 0 Å². The third kappa shape index (κ3) is 2.95. The highest BCUT2D eigenvalue weighted by atomic mass is 79.9. The molecule has 0 aliphatic heterocycles. The lowest BCUT2D eigenvalue weighted by molar-refractivity contribution is 0.593. The van der Waals surface area contributed by atoms with E-state index in [0.29, 0.717) is 10.3 Å². The van der Waals surface area contributed by atoms with Crippen LogP contribution in [0.3, 0.4) is 0 Å². The van der Waals surface area contributed by atoms with Crippen molar-refractivity contribution < 1.29 is 8.42 Å². The van der Waals surface area contributed by atoms with Crippen molar-refractivity contribution >= 4 is 31.6 Å². The molecule has 1 rings (SSSR count). The minimum absolute atomic E-state index is 0.450. The summed E-state index contributed by atoms with van der Waals surface area (Å²) in [7, 11) is -3.27. The fourth-order valence-corrected chi connectivity index (χ4v) is 1.80. The molecule has 0 fully saturated rings. The molecule has 0 atom stereocenters. The molecular weight excluding hydrogens is 268 g/mol. The number of nitrogens with one attached hydrogen (secondary N) is 1. The maximum Gasteiger partial charge on any atom is 0.235 e. The van der Waals surface area contributed by atoms with Gasteiger partial charge in [0, 0.05) is 6.20 Å². The van der Waals surface area contributed by atoms with Crippen LogP contribution in [0.5, 0.6) is 0 Å². The van der Waals surface area contributed by atoms with Crippen molar-refractivity contribution in [1.29, 1.82) is 0 Å². The van der Waals surface area contributed by atoms with Gasteiger partial charge in [-0.2, -0.15) is 0 Å². The van der Waals surface area contributed by atoms with E-state index in [0.717, 1.165) is 0 Å². The standard InChI is InChI=1S/C8H11BrN2O2S/c1-6(2)14(12,13)11-7-3-4-10-8(9)5-7/h3-6H,1-2H3,(H,10,11). The molecule has 1 N–H and O–H groups in total. The third-order valence-corrected chi connectivity index (χ3v) is 3.80. The van der Waals surface area contributed by atoms with Crippen molar-refractivity contribution in [2.75, 3.05) is 4.72 Å². The summed E-state index contributed by atoms with van der Waals surface area (Å²) in [4.78, 5) is 3.90. The molecular formula is C8H11BrN2O2S. The SMILES string of the molecule is CC(C)S(=O)(=O)Nc1ccnc(Br)c1. The second-order valence-corrected chi connectivity index (χ2v) is 6.11. The molecule has 1 heterocycles. The Labute approximate surface area is 91.9 Å². The third-order valence-electron chi connectivity index (χ3n) is 1.61. The summed E-state index contributed by atoms with van der Waals surface area (Å²) in [5, 5.41) is -0.450. The van der Waals surface area contributed by atoms with Crippen LogP contribution in [0.4, 0.5) is 5.69 Å². The predicted molar refractivity (Wildman–Crippen MR) is 59.6 cm³/mol. The Kier molecular flexibility index (Phi) is 3.49. The molecule has 0 saturated carbocycles. The van der Waals surface area contributed by atoms with E-state index in [1.807, 2.05) is 0 Å². The first-order valence-electron chi connectivity index (χ1n) is 4.05. The van der Waals surface area contributed by atoms with Gasteiger partial charge in [0.2, 0.25) is 10.0 Å². The van der Waals surface area contributed by atoms with E-state index < -0.39 is 15.3 Å². The highest BCUT2D eigenvalue weighted by Gasteiger charge is 2.15. The number of halogens is 1.